The lowest BCUT2D eigenvalue weighted by molar-refractivity contribution is -0.128. The van der Waals surface area contributed by atoms with E-state index in [2.05, 4.69) is 25.9 Å². The molecule has 0 saturated carbocycles. The molecule has 0 aliphatic heterocycles. The zero-order chi connectivity index (χ0) is 17.8. The van der Waals surface area contributed by atoms with Gasteiger partial charge in [-0.25, -0.2) is 9.50 Å². The van der Waals surface area contributed by atoms with Crippen LogP contribution in [0.5, 0.6) is 0 Å². The van der Waals surface area contributed by atoms with Gasteiger partial charge < -0.3 is 0 Å². The molecule has 2 N–H and O–H groups in total. The molecule has 3 aromatic rings. The maximum Gasteiger partial charge on any atom is 0.252 e. The fourth-order valence-electron chi connectivity index (χ4n) is 2.44. The molecule has 0 aliphatic rings. The van der Waals surface area contributed by atoms with Gasteiger partial charge in [-0.2, -0.15) is 4.98 Å². The molecule has 2 amide bonds. The number of aryl methyl sites for hydroxylation is 2. The molecule has 128 valence electrons. The Kier molecular flexibility index (Phi) is 4.69. The number of carbonyl (C=O) groups is 2. The van der Waals surface area contributed by atoms with Crippen LogP contribution in [0.1, 0.15) is 22.8 Å². The first-order valence-corrected chi connectivity index (χ1v) is 7.83. The van der Waals surface area contributed by atoms with E-state index in [0.717, 1.165) is 17.0 Å². The number of carbonyl (C=O) groups excluding carboxylic acids is 2. The van der Waals surface area contributed by atoms with Crippen molar-refractivity contribution in [2.24, 2.45) is 0 Å². The molecular formula is C17H18N6O2. The summed E-state index contributed by atoms with van der Waals surface area (Å²) in [5, 5.41) is 4.26. The van der Waals surface area contributed by atoms with Crippen LogP contribution in [0.15, 0.2) is 36.4 Å². The summed E-state index contributed by atoms with van der Waals surface area (Å²) in [6.07, 6.45) is 0.142. The molecule has 0 atom stereocenters. The highest BCUT2D eigenvalue weighted by molar-refractivity contribution is 5.83. The van der Waals surface area contributed by atoms with Crippen molar-refractivity contribution in [3.05, 3.63) is 59.2 Å². The predicted molar refractivity (Wildman–Crippen MR) is 90.4 cm³/mol. The maximum absolute atomic E-state index is 12.0. The van der Waals surface area contributed by atoms with Gasteiger partial charge in [0.1, 0.15) is 0 Å². The molecule has 0 radical (unpaired) electrons. The van der Waals surface area contributed by atoms with Crippen molar-refractivity contribution >= 4 is 17.6 Å². The Morgan fingerprint density at radius 1 is 1.00 bits per heavy atom. The standard InChI is InChI=1S/C17H18N6O2/c1-11-8-12(2)23-17(18-11)19-14(22-23)10-16(25)21-20-15(24)9-13-6-4-3-5-7-13/h3-8H,9-10H2,1-2H3,(H,20,24)(H,21,25). The number of hydrazine groups is 1. The summed E-state index contributed by atoms with van der Waals surface area (Å²) in [7, 11) is 0. The summed E-state index contributed by atoms with van der Waals surface area (Å²) in [6, 6.07) is 11.2. The molecule has 2 aromatic heterocycles. The first kappa shape index (κ1) is 16.6. The number of aromatic nitrogens is 4. The molecule has 3 rings (SSSR count). The highest BCUT2D eigenvalue weighted by Gasteiger charge is 2.12. The molecule has 1 aromatic carbocycles. The molecule has 25 heavy (non-hydrogen) atoms. The first-order chi connectivity index (χ1) is 12.0. The number of rotatable bonds is 4. The summed E-state index contributed by atoms with van der Waals surface area (Å²) in [5.74, 6) is 0.103. The Labute approximate surface area is 144 Å². The Morgan fingerprint density at radius 3 is 2.40 bits per heavy atom. The number of hydrogen-bond acceptors (Lipinski definition) is 5. The lowest BCUT2D eigenvalue weighted by Crippen LogP contribution is -2.43. The minimum Gasteiger partial charge on any atom is -0.273 e. The van der Waals surface area contributed by atoms with E-state index in [1.807, 2.05) is 50.2 Å². The van der Waals surface area contributed by atoms with E-state index in [4.69, 9.17) is 0 Å². The van der Waals surface area contributed by atoms with Crippen molar-refractivity contribution in [1.82, 2.24) is 30.4 Å². The summed E-state index contributed by atoms with van der Waals surface area (Å²) in [6.45, 7) is 3.76. The normalized spacial score (nSPS) is 10.6. The summed E-state index contributed by atoms with van der Waals surface area (Å²) >= 11 is 0. The summed E-state index contributed by atoms with van der Waals surface area (Å²) in [4.78, 5) is 32.3. The summed E-state index contributed by atoms with van der Waals surface area (Å²) < 4.78 is 1.59. The smallest absolute Gasteiger partial charge is 0.252 e. The number of hydrogen-bond donors (Lipinski definition) is 2. The van der Waals surface area contributed by atoms with E-state index in [1.165, 1.54) is 0 Å². The summed E-state index contributed by atoms with van der Waals surface area (Å²) in [5.41, 5.74) is 7.35. The van der Waals surface area contributed by atoms with Crippen molar-refractivity contribution in [3.8, 4) is 0 Å². The first-order valence-electron chi connectivity index (χ1n) is 7.83. The largest absolute Gasteiger partial charge is 0.273 e. The van der Waals surface area contributed by atoms with Gasteiger partial charge in [-0.1, -0.05) is 30.3 Å². The van der Waals surface area contributed by atoms with Crippen molar-refractivity contribution in [2.45, 2.75) is 26.7 Å². The average molecular weight is 338 g/mol. The van der Waals surface area contributed by atoms with Gasteiger partial charge in [0.25, 0.3) is 5.78 Å². The highest BCUT2D eigenvalue weighted by Crippen LogP contribution is 2.05. The van der Waals surface area contributed by atoms with Crippen molar-refractivity contribution in [2.75, 3.05) is 0 Å². The van der Waals surface area contributed by atoms with Crippen LogP contribution >= 0.6 is 0 Å². The lowest BCUT2D eigenvalue weighted by atomic mass is 10.1. The van der Waals surface area contributed by atoms with Crippen LogP contribution in [-0.2, 0) is 22.4 Å². The second kappa shape index (κ2) is 7.08. The van der Waals surface area contributed by atoms with Gasteiger partial charge in [0, 0.05) is 11.4 Å². The monoisotopic (exact) mass is 338 g/mol. The molecule has 0 saturated heterocycles. The molecule has 0 spiro atoms. The minimum absolute atomic E-state index is 0.0482. The third-order valence-corrected chi connectivity index (χ3v) is 3.53. The van der Waals surface area contributed by atoms with Crippen LogP contribution in [0.25, 0.3) is 5.78 Å². The van der Waals surface area contributed by atoms with Crippen molar-refractivity contribution in [3.63, 3.8) is 0 Å². The van der Waals surface area contributed by atoms with Crippen LogP contribution in [0.4, 0.5) is 0 Å². The van der Waals surface area contributed by atoms with Crippen LogP contribution < -0.4 is 10.9 Å². The van der Waals surface area contributed by atoms with Gasteiger partial charge in [-0.05, 0) is 25.5 Å². The molecule has 0 fully saturated rings. The SMILES string of the molecule is Cc1cc(C)n2nc(CC(=O)NNC(=O)Cc3ccccc3)nc2n1. The van der Waals surface area contributed by atoms with E-state index in [0.29, 0.717) is 11.6 Å². The third kappa shape index (κ3) is 4.17. The van der Waals surface area contributed by atoms with Gasteiger partial charge in [-0.3, -0.25) is 20.4 Å². The van der Waals surface area contributed by atoms with Gasteiger partial charge in [0.05, 0.1) is 12.8 Å². The number of benzene rings is 1. The second-order valence-corrected chi connectivity index (χ2v) is 5.71. The van der Waals surface area contributed by atoms with Gasteiger partial charge >= 0.3 is 0 Å². The van der Waals surface area contributed by atoms with Crippen LogP contribution in [0, 0.1) is 13.8 Å². The van der Waals surface area contributed by atoms with E-state index < -0.39 is 5.91 Å². The van der Waals surface area contributed by atoms with Crippen LogP contribution in [0.3, 0.4) is 0 Å². The number of nitrogens with zero attached hydrogens (tertiary/aromatic N) is 4. The fourth-order valence-corrected chi connectivity index (χ4v) is 2.44. The second-order valence-electron chi connectivity index (χ2n) is 5.71. The molecule has 8 heteroatoms. The fraction of sp³-hybridized carbons (Fsp3) is 0.235. The molecule has 8 nitrogen and oxygen atoms in total. The Hall–Kier alpha value is -3.29. The van der Waals surface area contributed by atoms with Crippen LogP contribution in [0.2, 0.25) is 0 Å². The van der Waals surface area contributed by atoms with Gasteiger partial charge in [0.2, 0.25) is 11.8 Å². The average Bonchev–Trinajstić information content (AvgIpc) is 2.96. The molecule has 0 bridgehead atoms. The number of nitrogens with one attached hydrogen (secondary N) is 2. The van der Waals surface area contributed by atoms with Crippen molar-refractivity contribution < 1.29 is 9.59 Å². The minimum atomic E-state index is -0.397. The van der Waals surface area contributed by atoms with E-state index in [-0.39, 0.29) is 18.7 Å². The quantitative estimate of drug-likeness (QED) is 0.681. The Bertz CT molecular complexity index is 920. The lowest BCUT2D eigenvalue weighted by Gasteiger charge is -2.06. The Morgan fingerprint density at radius 2 is 1.68 bits per heavy atom. The van der Waals surface area contributed by atoms with Gasteiger partial charge in [0.15, 0.2) is 5.82 Å². The van der Waals surface area contributed by atoms with Crippen molar-refractivity contribution in [1.29, 1.82) is 0 Å². The van der Waals surface area contributed by atoms with E-state index in [1.54, 1.807) is 4.52 Å². The molecule has 0 unspecified atom stereocenters. The zero-order valence-corrected chi connectivity index (χ0v) is 14.0. The molecular weight excluding hydrogens is 320 g/mol. The Balaban J connectivity index is 1.56. The predicted octanol–water partition coefficient (Wildman–Crippen LogP) is 0.674. The zero-order valence-electron chi connectivity index (χ0n) is 14.0. The molecule has 0 aliphatic carbocycles. The van der Waals surface area contributed by atoms with Crippen LogP contribution in [-0.4, -0.2) is 31.4 Å². The third-order valence-electron chi connectivity index (χ3n) is 3.53. The number of fused-ring (bicyclic) bond motifs is 1. The maximum atomic E-state index is 12.0. The van der Waals surface area contributed by atoms with E-state index in [9.17, 15) is 9.59 Å². The highest BCUT2D eigenvalue weighted by atomic mass is 16.2. The van der Waals surface area contributed by atoms with E-state index >= 15 is 0 Å². The number of amides is 2. The topological polar surface area (TPSA) is 101 Å². The molecule has 2 heterocycles. The van der Waals surface area contributed by atoms with Gasteiger partial charge in [-0.15, -0.1) is 5.10 Å².